The lowest BCUT2D eigenvalue weighted by molar-refractivity contribution is -0.125. The van der Waals surface area contributed by atoms with Gasteiger partial charge in [-0.1, -0.05) is 24.3 Å². The normalized spacial score (nSPS) is 11.5. The van der Waals surface area contributed by atoms with Crippen molar-refractivity contribution in [1.29, 1.82) is 0 Å². The van der Waals surface area contributed by atoms with E-state index in [-0.39, 0.29) is 18.0 Å². The number of ether oxygens (including phenoxy) is 1. The predicted molar refractivity (Wildman–Crippen MR) is 89.3 cm³/mol. The summed E-state index contributed by atoms with van der Waals surface area (Å²) in [6.45, 7) is 1.54. The maximum absolute atomic E-state index is 13.5. The van der Waals surface area contributed by atoms with Crippen LogP contribution in [0.1, 0.15) is 12.5 Å². The van der Waals surface area contributed by atoms with Gasteiger partial charge in [-0.05, 0) is 36.8 Å². The minimum absolute atomic E-state index is 0.0822. The number of anilines is 1. The molecule has 2 aromatic rings. The first-order valence-corrected chi connectivity index (χ1v) is 7.47. The Morgan fingerprint density at radius 1 is 1.12 bits per heavy atom. The van der Waals surface area contributed by atoms with E-state index in [4.69, 9.17) is 4.74 Å². The highest BCUT2D eigenvalue weighted by Gasteiger charge is 2.17. The van der Waals surface area contributed by atoms with Crippen molar-refractivity contribution in [3.8, 4) is 5.75 Å². The van der Waals surface area contributed by atoms with Gasteiger partial charge in [-0.25, -0.2) is 4.39 Å². The molecular weight excluding hydrogens is 311 g/mol. The fraction of sp³-hybridized carbons (Fsp3) is 0.222. The van der Waals surface area contributed by atoms with Crippen LogP contribution in [0.4, 0.5) is 10.1 Å². The van der Waals surface area contributed by atoms with Crippen molar-refractivity contribution >= 4 is 17.5 Å². The first kappa shape index (κ1) is 17.5. The van der Waals surface area contributed by atoms with E-state index in [0.717, 1.165) is 5.56 Å². The Bertz CT molecular complexity index is 716. The molecule has 2 amide bonds. The maximum Gasteiger partial charge on any atom is 0.246 e. The molecule has 0 bridgehead atoms. The lowest BCUT2D eigenvalue weighted by Gasteiger charge is -2.14. The monoisotopic (exact) mass is 330 g/mol. The summed E-state index contributed by atoms with van der Waals surface area (Å²) in [5.74, 6) is -0.598. The van der Waals surface area contributed by atoms with Crippen LogP contribution >= 0.6 is 0 Å². The van der Waals surface area contributed by atoms with Crippen molar-refractivity contribution < 1.29 is 18.7 Å². The Balaban J connectivity index is 1.88. The van der Waals surface area contributed by atoms with Gasteiger partial charge in [-0.3, -0.25) is 9.59 Å². The zero-order chi connectivity index (χ0) is 17.5. The Labute approximate surface area is 139 Å². The van der Waals surface area contributed by atoms with Gasteiger partial charge in [-0.15, -0.1) is 0 Å². The second kappa shape index (κ2) is 8.10. The molecular formula is C18H19FN2O3. The molecule has 0 radical (unpaired) electrons. The van der Waals surface area contributed by atoms with E-state index in [0.29, 0.717) is 5.75 Å². The Morgan fingerprint density at radius 2 is 1.79 bits per heavy atom. The lowest BCUT2D eigenvalue weighted by Crippen LogP contribution is -2.42. The van der Waals surface area contributed by atoms with Crippen LogP contribution < -0.4 is 15.4 Å². The summed E-state index contributed by atoms with van der Waals surface area (Å²) in [5.41, 5.74) is 0.883. The number of benzene rings is 2. The summed E-state index contributed by atoms with van der Waals surface area (Å²) in [5, 5.41) is 5.04. The van der Waals surface area contributed by atoms with E-state index in [1.54, 1.807) is 44.4 Å². The number of para-hydroxylation sites is 1. The van der Waals surface area contributed by atoms with Crippen molar-refractivity contribution in [2.24, 2.45) is 0 Å². The van der Waals surface area contributed by atoms with Gasteiger partial charge in [0.05, 0.1) is 19.2 Å². The Hall–Kier alpha value is -2.89. The number of carbonyl (C=O) groups excluding carboxylic acids is 2. The van der Waals surface area contributed by atoms with Gasteiger partial charge in [0, 0.05) is 0 Å². The van der Waals surface area contributed by atoms with Crippen molar-refractivity contribution in [2.75, 3.05) is 12.4 Å². The summed E-state index contributed by atoms with van der Waals surface area (Å²) < 4.78 is 18.6. The molecule has 0 saturated carbocycles. The van der Waals surface area contributed by atoms with E-state index in [1.165, 1.54) is 18.2 Å². The lowest BCUT2D eigenvalue weighted by atomic mass is 10.1. The standard InChI is InChI=1S/C18H19FN2O3/c1-12(18(23)21-16-6-4-3-5-15(16)19)20-17(22)11-13-7-9-14(24-2)10-8-13/h3-10,12H,11H2,1-2H3,(H,20,22)(H,21,23). The number of carbonyl (C=O) groups is 2. The van der Waals surface area contributed by atoms with Crippen LogP contribution in [-0.4, -0.2) is 25.0 Å². The van der Waals surface area contributed by atoms with Crippen LogP contribution in [-0.2, 0) is 16.0 Å². The van der Waals surface area contributed by atoms with Crippen LogP contribution in [0.3, 0.4) is 0 Å². The largest absolute Gasteiger partial charge is 0.497 e. The molecule has 126 valence electrons. The molecule has 0 aliphatic rings. The summed E-state index contributed by atoms with van der Waals surface area (Å²) in [4.78, 5) is 24.0. The summed E-state index contributed by atoms with van der Waals surface area (Å²) >= 11 is 0. The number of amides is 2. The molecule has 1 unspecified atom stereocenters. The summed E-state index contributed by atoms with van der Waals surface area (Å²) in [6, 6.07) is 12.2. The van der Waals surface area contributed by atoms with Crippen molar-refractivity contribution in [1.82, 2.24) is 5.32 Å². The highest BCUT2D eigenvalue weighted by molar-refractivity contribution is 5.97. The molecule has 0 aromatic heterocycles. The quantitative estimate of drug-likeness (QED) is 0.855. The molecule has 2 rings (SSSR count). The number of methoxy groups -OCH3 is 1. The highest BCUT2D eigenvalue weighted by atomic mass is 19.1. The van der Waals surface area contributed by atoms with Crippen LogP contribution in [0.5, 0.6) is 5.75 Å². The van der Waals surface area contributed by atoms with Gasteiger partial charge in [0.15, 0.2) is 0 Å². The highest BCUT2D eigenvalue weighted by Crippen LogP contribution is 2.13. The molecule has 0 fully saturated rings. The molecule has 2 aromatic carbocycles. The average molecular weight is 330 g/mol. The van der Waals surface area contributed by atoms with E-state index in [1.807, 2.05) is 0 Å². The third-order valence-electron chi connectivity index (χ3n) is 3.43. The molecule has 6 heteroatoms. The van der Waals surface area contributed by atoms with Gasteiger partial charge < -0.3 is 15.4 Å². The minimum atomic E-state index is -0.782. The molecule has 24 heavy (non-hydrogen) atoms. The number of nitrogens with one attached hydrogen (secondary N) is 2. The van der Waals surface area contributed by atoms with E-state index in [2.05, 4.69) is 10.6 Å². The van der Waals surface area contributed by atoms with Crippen molar-refractivity contribution in [3.63, 3.8) is 0 Å². The SMILES string of the molecule is COc1ccc(CC(=O)NC(C)C(=O)Nc2ccccc2F)cc1. The van der Waals surface area contributed by atoms with Crippen molar-refractivity contribution in [3.05, 3.63) is 59.9 Å². The molecule has 0 spiro atoms. The second-order valence-electron chi connectivity index (χ2n) is 5.28. The van der Waals surface area contributed by atoms with Gasteiger partial charge >= 0.3 is 0 Å². The zero-order valence-electron chi connectivity index (χ0n) is 13.5. The third-order valence-corrected chi connectivity index (χ3v) is 3.43. The molecule has 1 atom stereocenters. The van der Waals surface area contributed by atoms with E-state index in [9.17, 15) is 14.0 Å². The van der Waals surface area contributed by atoms with Crippen LogP contribution in [0.2, 0.25) is 0 Å². The van der Waals surface area contributed by atoms with E-state index < -0.39 is 17.8 Å². The van der Waals surface area contributed by atoms with Crippen LogP contribution in [0.25, 0.3) is 0 Å². The summed E-state index contributed by atoms with van der Waals surface area (Å²) in [6.07, 6.45) is 0.140. The van der Waals surface area contributed by atoms with E-state index >= 15 is 0 Å². The molecule has 2 N–H and O–H groups in total. The molecule has 0 aliphatic heterocycles. The van der Waals surface area contributed by atoms with Gasteiger partial charge in [0.25, 0.3) is 0 Å². The maximum atomic E-state index is 13.5. The topological polar surface area (TPSA) is 67.4 Å². The van der Waals surface area contributed by atoms with Crippen LogP contribution in [0.15, 0.2) is 48.5 Å². The first-order valence-electron chi connectivity index (χ1n) is 7.47. The smallest absolute Gasteiger partial charge is 0.246 e. The zero-order valence-corrected chi connectivity index (χ0v) is 13.5. The third kappa shape index (κ3) is 4.81. The molecule has 0 aliphatic carbocycles. The molecule has 0 heterocycles. The van der Waals surface area contributed by atoms with Gasteiger partial charge in [0.2, 0.25) is 11.8 Å². The van der Waals surface area contributed by atoms with Crippen molar-refractivity contribution in [2.45, 2.75) is 19.4 Å². The number of hydrogen-bond donors (Lipinski definition) is 2. The fourth-order valence-electron chi connectivity index (χ4n) is 2.09. The minimum Gasteiger partial charge on any atom is -0.497 e. The number of rotatable bonds is 6. The Kier molecular flexibility index (Phi) is 5.89. The number of halogens is 1. The fourth-order valence-corrected chi connectivity index (χ4v) is 2.09. The van der Waals surface area contributed by atoms with Gasteiger partial charge in [0.1, 0.15) is 17.6 Å². The number of hydrogen-bond acceptors (Lipinski definition) is 3. The average Bonchev–Trinajstić information content (AvgIpc) is 2.57. The molecule has 5 nitrogen and oxygen atoms in total. The first-order chi connectivity index (χ1) is 11.5. The Morgan fingerprint density at radius 3 is 2.42 bits per heavy atom. The predicted octanol–water partition coefficient (Wildman–Crippen LogP) is 2.52. The summed E-state index contributed by atoms with van der Waals surface area (Å²) in [7, 11) is 1.57. The van der Waals surface area contributed by atoms with Crippen LogP contribution in [0, 0.1) is 5.82 Å². The molecule has 0 saturated heterocycles. The van der Waals surface area contributed by atoms with Gasteiger partial charge in [-0.2, -0.15) is 0 Å². The second-order valence-corrected chi connectivity index (χ2v) is 5.28.